The molecular weight excluding hydrogens is 312 g/mol. The van der Waals surface area contributed by atoms with Gasteiger partial charge < -0.3 is 10.2 Å². The van der Waals surface area contributed by atoms with Crippen molar-refractivity contribution in [3.8, 4) is 0 Å². The molecule has 0 radical (unpaired) electrons. The lowest BCUT2D eigenvalue weighted by Crippen LogP contribution is -2.40. The van der Waals surface area contributed by atoms with E-state index in [4.69, 9.17) is 11.6 Å². The van der Waals surface area contributed by atoms with Crippen molar-refractivity contribution < 1.29 is 9.59 Å². The number of hydrogen-bond acceptors (Lipinski definition) is 2. The molecule has 1 saturated carbocycles. The van der Waals surface area contributed by atoms with Gasteiger partial charge in [0.2, 0.25) is 11.8 Å². The van der Waals surface area contributed by atoms with Gasteiger partial charge >= 0.3 is 0 Å². The van der Waals surface area contributed by atoms with Crippen molar-refractivity contribution >= 4 is 29.1 Å². The van der Waals surface area contributed by atoms with Gasteiger partial charge in [-0.1, -0.05) is 36.9 Å². The van der Waals surface area contributed by atoms with Gasteiger partial charge in [0.25, 0.3) is 0 Å². The maximum absolute atomic E-state index is 12.5. The summed E-state index contributed by atoms with van der Waals surface area (Å²) in [7, 11) is 0. The number of halogens is 1. The Kier molecular flexibility index (Phi) is 4.90. The van der Waals surface area contributed by atoms with E-state index < -0.39 is 0 Å². The molecule has 1 aliphatic heterocycles. The minimum atomic E-state index is -0.261. The molecule has 1 atom stereocenters. The first-order valence-electron chi connectivity index (χ1n) is 8.42. The summed E-state index contributed by atoms with van der Waals surface area (Å²) in [6.07, 6.45) is 6.03. The number of amides is 2. The van der Waals surface area contributed by atoms with Crippen LogP contribution in [0, 0.1) is 12.8 Å². The molecule has 1 heterocycles. The zero-order valence-electron chi connectivity index (χ0n) is 13.5. The SMILES string of the molecule is Cc1c(Cl)cccc1N1C[C@H](C(=O)NC2CCCCC2)CC1=O. The third kappa shape index (κ3) is 3.52. The van der Waals surface area contributed by atoms with E-state index >= 15 is 0 Å². The topological polar surface area (TPSA) is 49.4 Å². The second-order valence-corrected chi connectivity index (χ2v) is 7.04. The van der Waals surface area contributed by atoms with Gasteiger partial charge in [-0.2, -0.15) is 0 Å². The van der Waals surface area contributed by atoms with Crippen LogP contribution < -0.4 is 10.2 Å². The van der Waals surface area contributed by atoms with Crippen LogP contribution in [-0.4, -0.2) is 24.4 Å². The number of carbonyl (C=O) groups is 2. The Morgan fingerprint density at radius 1 is 1.26 bits per heavy atom. The van der Waals surface area contributed by atoms with Gasteiger partial charge in [-0.3, -0.25) is 9.59 Å². The Hall–Kier alpha value is -1.55. The minimum Gasteiger partial charge on any atom is -0.353 e. The molecule has 23 heavy (non-hydrogen) atoms. The summed E-state index contributed by atoms with van der Waals surface area (Å²) in [5.41, 5.74) is 1.70. The van der Waals surface area contributed by atoms with Crippen molar-refractivity contribution in [1.82, 2.24) is 5.32 Å². The number of anilines is 1. The minimum absolute atomic E-state index is 0.000777. The molecule has 124 valence electrons. The molecule has 2 aliphatic rings. The van der Waals surface area contributed by atoms with Gasteiger partial charge in [-0.15, -0.1) is 0 Å². The lowest BCUT2D eigenvalue weighted by atomic mass is 9.95. The molecule has 4 nitrogen and oxygen atoms in total. The van der Waals surface area contributed by atoms with Crippen LogP contribution in [0.2, 0.25) is 5.02 Å². The van der Waals surface area contributed by atoms with Crippen LogP contribution in [0.3, 0.4) is 0 Å². The summed E-state index contributed by atoms with van der Waals surface area (Å²) in [6.45, 7) is 2.35. The molecule has 1 N–H and O–H groups in total. The summed E-state index contributed by atoms with van der Waals surface area (Å²) >= 11 is 6.15. The number of carbonyl (C=O) groups excluding carboxylic acids is 2. The van der Waals surface area contributed by atoms with E-state index in [9.17, 15) is 9.59 Å². The molecule has 0 aromatic heterocycles. The monoisotopic (exact) mass is 334 g/mol. The predicted octanol–water partition coefficient (Wildman–Crippen LogP) is 3.45. The molecule has 0 bridgehead atoms. The lowest BCUT2D eigenvalue weighted by Gasteiger charge is -2.24. The highest BCUT2D eigenvalue weighted by Gasteiger charge is 2.36. The summed E-state index contributed by atoms with van der Waals surface area (Å²) < 4.78 is 0. The van der Waals surface area contributed by atoms with E-state index in [0.717, 1.165) is 24.1 Å². The van der Waals surface area contributed by atoms with Crippen molar-refractivity contribution in [2.45, 2.75) is 51.5 Å². The largest absolute Gasteiger partial charge is 0.353 e. The second-order valence-electron chi connectivity index (χ2n) is 6.63. The number of nitrogens with zero attached hydrogens (tertiary/aromatic N) is 1. The fourth-order valence-electron chi connectivity index (χ4n) is 3.57. The maximum Gasteiger partial charge on any atom is 0.227 e. The van der Waals surface area contributed by atoms with Gasteiger partial charge in [0.15, 0.2) is 0 Å². The van der Waals surface area contributed by atoms with Crippen LogP contribution in [0.5, 0.6) is 0 Å². The van der Waals surface area contributed by atoms with Crippen LogP contribution in [-0.2, 0) is 9.59 Å². The number of benzene rings is 1. The van der Waals surface area contributed by atoms with E-state index in [2.05, 4.69) is 5.32 Å². The van der Waals surface area contributed by atoms with E-state index in [1.54, 1.807) is 4.90 Å². The fourth-order valence-corrected chi connectivity index (χ4v) is 3.74. The zero-order valence-corrected chi connectivity index (χ0v) is 14.2. The molecular formula is C18H23ClN2O2. The quantitative estimate of drug-likeness (QED) is 0.920. The molecule has 2 fully saturated rings. The van der Waals surface area contributed by atoms with E-state index in [1.165, 1.54) is 19.3 Å². The number of rotatable bonds is 3. The first-order valence-corrected chi connectivity index (χ1v) is 8.80. The highest BCUT2D eigenvalue weighted by molar-refractivity contribution is 6.31. The molecule has 3 rings (SSSR count). The first-order chi connectivity index (χ1) is 11.1. The summed E-state index contributed by atoms with van der Waals surface area (Å²) in [5, 5.41) is 3.78. The Balaban J connectivity index is 1.67. The average molecular weight is 335 g/mol. The zero-order chi connectivity index (χ0) is 16.4. The van der Waals surface area contributed by atoms with Gasteiger partial charge in [-0.25, -0.2) is 0 Å². The van der Waals surface area contributed by atoms with E-state index in [-0.39, 0.29) is 30.2 Å². The van der Waals surface area contributed by atoms with Gasteiger partial charge in [0.05, 0.1) is 5.92 Å². The Morgan fingerprint density at radius 3 is 2.74 bits per heavy atom. The van der Waals surface area contributed by atoms with Crippen LogP contribution in [0.15, 0.2) is 18.2 Å². The first kappa shape index (κ1) is 16.3. The van der Waals surface area contributed by atoms with Crippen molar-refractivity contribution in [3.05, 3.63) is 28.8 Å². The number of hydrogen-bond donors (Lipinski definition) is 1. The maximum atomic E-state index is 12.5. The molecule has 1 saturated heterocycles. The highest BCUT2D eigenvalue weighted by Crippen LogP contribution is 2.31. The molecule has 5 heteroatoms. The van der Waals surface area contributed by atoms with Crippen molar-refractivity contribution in [3.63, 3.8) is 0 Å². The Labute approximate surface area is 142 Å². The highest BCUT2D eigenvalue weighted by atomic mass is 35.5. The average Bonchev–Trinajstić information content (AvgIpc) is 2.93. The smallest absolute Gasteiger partial charge is 0.227 e. The third-order valence-corrected chi connectivity index (χ3v) is 5.39. The molecule has 2 amide bonds. The second kappa shape index (κ2) is 6.91. The van der Waals surface area contributed by atoms with Crippen LogP contribution in [0.4, 0.5) is 5.69 Å². The summed E-state index contributed by atoms with van der Waals surface area (Å²) in [5.74, 6) is -0.241. The van der Waals surface area contributed by atoms with Gasteiger partial charge in [-0.05, 0) is 37.5 Å². The van der Waals surface area contributed by atoms with Crippen LogP contribution >= 0.6 is 11.6 Å². The number of nitrogens with one attached hydrogen (secondary N) is 1. The van der Waals surface area contributed by atoms with E-state index in [0.29, 0.717) is 11.6 Å². The Morgan fingerprint density at radius 2 is 2.00 bits per heavy atom. The molecule has 0 spiro atoms. The van der Waals surface area contributed by atoms with Crippen molar-refractivity contribution in [2.24, 2.45) is 5.92 Å². The molecule has 1 aliphatic carbocycles. The van der Waals surface area contributed by atoms with Gasteiger partial charge in [0.1, 0.15) is 0 Å². The van der Waals surface area contributed by atoms with E-state index in [1.807, 2.05) is 25.1 Å². The standard InChI is InChI=1S/C18H23ClN2O2/c1-12-15(19)8-5-9-16(12)21-11-13(10-17(21)22)18(23)20-14-6-3-2-4-7-14/h5,8-9,13-14H,2-4,6-7,10-11H2,1H3,(H,20,23)/t13-/m1/s1. The van der Waals surface area contributed by atoms with Gasteiger partial charge in [0, 0.05) is 29.7 Å². The third-order valence-electron chi connectivity index (χ3n) is 4.98. The molecule has 1 aromatic carbocycles. The van der Waals surface area contributed by atoms with Crippen molar-refractivity contribution in [1.29, 1.82) is 0 Å². The van der Waals surface area contributed by atoms with Crippen molar-refractivity contribution in [2.75, 3.05) is 11.4 Å². The van der Waals surface area contributed by atoms with Crippen LogP contribution in [0.1, 0.15) is 44.1 Å². The lowest BCUT2D eigenvalue weighted by molar-refractivity contribution is -0.127. The summed E-state index contributed by atoms with van der Waals surface area (Å²) in [4.78, 5) is 26.5. The molecule has 0 unspecified atom stereocenters. The summed E-state index contributed by atoms with van der Waals surface area (Å²) in [6, 6.07) is 5.83. The van der Waals surface area contributed by atoms with Crippen LogP contribution in [0.25, 0.3) is 0 Å². The normalized spacial score (nSPS) is 22.4. The fraction of sp³-hybridized carbons (Fsp3) is 0.556. The predicted molar refractivity (Wildman–Crippen MR) is 91.7 cm³/mol. The Bertz CT molecular complexity index is 611. The molecule has 1 aromatic rings.